The van der Waals surface area contributed by atoms with Crippen LogP contribution in [-0.2, 0) is 13.0 Å². The van der Waals surface area contributed by atoms with E-state index >= 15 is 0 Å². The van der Waals surface area contributed by atoms with Crippen LogP contribution in [-0.4, -0.2) is 6.54 Å². The molecular formula is C12H18ClN. The van der Waals surface area contributed by atoms with Crippen LogP contribution in [0.4, 0.5) is 0 Å². The summed E-state index contributed by atoms with van der Waals surface area (Å²) in [7, 11) is 0. The van der Waals surface area contributed by atoms with Gasteiger partial charge in [0.1, 0.15) is 0 Å². The zero-order valence-electron chi connectivity index (χ0n) is 8.89. The van der Waals surface area contributed by atoms with Crippen LogP contribution in [0.3, 0.4) is 0 Å². The average molecular weight is 212 g/mol. The standard InChI is InChI=1S/C12H17N.ClH/c1-9-6-11-4-3-5-13-8-12(11)7-10(9)2;/h6-7,13H,3-5,8H2,1-2H3;1H. The first-order valence-corrected chi connectivity index (χ1v) is 5.07. The molecule has 0 unspecified atom stereocenters. The lowest BCUT2D eigenvalue weighted by Crippen LogP contribution is -2.12. The van der Waals surface area contributed by atoms with Crippen molar-refractivity contribution >= 4 is 12.4 Å². The van der Waals surface area contributed by atoms with Gasteiger partial charge in [-0.3, -0.25) is 0 Å². The molecular weight excluding hydrogens is 194 g/mol. The van der Waals surface area contributed by atoms with Crippen molar-refractivity contribution in [2.45, 2.75) is 33.2 Å². The number of aryl methyl sites for hydroxylation is 3. The second kappa shape index (κ2) is 4.81. The molecule has 0 bridgehead atoms. The normalized spacial score (nSPS) is 15.3. The van der Waals surface area contributed by atoms with Crippen molar-refractivity contribution in [3.05, 3.63) is 34.4 Å². The summed E-state index contributed by atoms with van der Waals surface area (Å²) in [4.78, 5) is 0. The molecule has 2 heteroatoms. The van der Waals surface area contributed by atoms with Crippen LogP contribution >= 0.6 is 12.4 Å². The van der Waals surface area contributed by atoms with E-state index in [4.69, 9.17) is 0 Å². The lowest BCUT2D eigenvalue weighted by atomic mass is 9.98. The van der Waals surface area contributed by atoms with Crippen molar-refractivity contribution in [1.82, 2.24) is 5.32 Å². The summed E-state index contributed by atoms with van der Waals surface area (Å²) in [5.74, 6) is 0. The second-order valence-electron chi connectivity index (χ2n) is 3.99. The maximum Gasteiger partial charge on any atom is 0.0208 e. The molecule has 0 fully saturated rings. The van der Waals surface area contributed by atoms with E-state index in [9.17, 15) is 0 Å². The van der Waals surface area contributed by atoms with Crippen molar-refractivity contribution in [2.75, 3.05) is 6.54 Å². The first-order valence-electron chi connectivity index (χ1n) is 5.07. The molecule has 0 saturated carbocycles. The average Bonchev–Trinajstić information content (AvgIpc) is 2.31. The molecule has 78 valence electrons. The fourth-order valence-electron chi connectivity index (χ4n) is 1.96. The minimum absolute atomic E-state index is 0. The SMILES string of the molecule is Cc1cc2c(cc1C)CNCCC2.Cl. The second-order valence-corrected chi connectivity index (χ2v) is 3.99. The molecule has 2 rings (SSSR count). The molecule has 1 heterocycles. The maximum atomic E-state index is 3.45. The van der Waals surface area contributed by atoms with Crippen molar-refractivity contribution in [1.29, 1.82) is 0 Å². The smallest absolute Gasteiger partial charge is 0.0208 e. The third kappa shape index (κ3) is 2.28. The van der Waals surface area contributed by atoms with Crippen LogP contribution < -0.4 is 5.32 Å². The zero-order valence-corrected chi connectivity index (χ0v) is 9.71. The summed E-state index contributed by atoms with van der Waals surface area (Å²) in [6.07, 6.45) is 2.51. The molecule has 0 aliphatic carbocycles. The van der Waals surface area contributed by atoms with E-state index in [1.807, 2.05) is 0 Å². The summed E-state index contributed by atoms with van der Waals surface area (Å²) < 4.78 is 0. The number of fused-ring (bicyclic) bond motifs is 1. The zero-order chi connectivity index (χ0) is 9.26. The third-order valence-corrected chi connectivity index (χ3v) is 2.93. The Bertz CT molecular complexity index is 289. The molecule has 0 amide bonds. The van der Waals surface area contributed by atoms with Gasteiger partial charge in [0, 0.05) is 6.54 Å². The van der Waals surface area contributed by atoms with E-state index in [-0.39, 0.29) is 12.4 Å². The molecule has 1 nitrogen and oxygen atoms in total. The Kier molecular flexibility index (Phi) is 3.97. The molecule has 14 heavy (non-hydrogen) atoms. The van der Waals surface area contributed by atoms with Crippen LogP contribution in [0.25, 0.3) is 0 Å². The summed E-state index contributed by atoms with van der Waals surface area (Å²) in [5, 5.41) is 3.45. The molecule has 0 atom stereocenters. The summed E-state index contributed by atoms with van der Waals surface area (Å²) in [6, 6.07) is 4.70. The molecule has 1 aromatic carbocycles. The van der Waals surface area contributed by atoms with Gasteiger partial charge in [0.25, 0.3) is 0 Å². The van der Waals surface area contributed by atoms with Crippen LogP contribution in [0.5, 0.6) is 0 Å². The summed E-state index contributed by atoms with van der Waals surface area (Å²) >= 11 is 0. The molecule has 0 saturated heterocycles. The van der Waals surface area contributed by atoms with Crippen molar-refractivity contribution in [3.63, 3.8) is 0 Å². The number of halogens is 1. The first-order chi connectivity index (χ1) is 6.27. The summed E-state index contributed by atoms with van der Waals surface area (Å²) in [5.41, 5.74) is 5.90. The Morgan fingerprint density at radius 1 is 1.07 bits per heavy atom. The van der Waals surface area contributed by atoms with Gasteiger partial charge in [-0.05, 0) is 55.5 Å². The quantitative estimate of drug-likeness (QED) is 0.696. The van der Waals surface area contributed by atoms with E-state index in [1.165, 1.54) is 29.5 Å². The van der Waals surface area contributed by atoms with Gasteiger partial charge in [0.05, 0.1) is 0 Å². The number of hydrogen-bond donors (Lipinski definition) is 1. The van der Waals surface area contributed by atoms with Crippen molar-refractivity contribution < 1.29 is 0 Å². The van der Waals surface area contributed by atoms with Crippen LogP contribution in [0.2, 0.25) is 0 Å². The van der Waals surface area contributed by atoms with Crippen molar-refractivity contribution in [2.24, 2.45) is 0 Å². The number of rotatable bonds is 0. The monoisotopic (exact) mass is 211 g/mol. The Balaban J connectivity index is 0.000000980. The van der Waals surface area contributed by atoms with E-state index in [1.54, 1.807) is 5.56 Å². The Morgan fingerprint density at radius 2 is 1.71 bits per heavy atom. The predicted molar refractivity (Wildman–Crippen MR) is 63.2 cm³/mol. The lowest BCUT2D eigenvalue weighted by molar-refractivity contribution is 0.680. The highest BCUT2D eigenvalue weighted by molar-refractivity contribution is 5.85. The Hall–Kier alpha value is -0.530. The largest absolute Gasteiger partial charge is 0.313 e. The van der Waals surface area contributed by atoms with Gasteiger partial charge in [-0.2, -0.15) is 0 Å². The third-order valence-electron chi connectivity index (χ3n) is 2.93. The Labute approximate surface area is 92.3 Å². The van der Waals surface area contributed by atoms with E-state index in [0.29, 0.717) is 0 Å². The van der Waals surface area contributed by atoms with Crippen molar-refractivity contribution in [3.8, 4) is 0 Å². The fourth-order valence-corrected chi connectivity index (χ4v) is 1.96. The molecule has 0 aromatic heterocycles. The van der Waals surface area contributed by atoms with Gasteiger partial charge in [0.2, 0.25) is 0 Å². The molecule has 1 aliphatic rings. The molecule has 0 radical (unpaired) electrons. The molecule has 1 aliphatic heterocycles. The van der Waals surface area contributed by atoms with Gasteiger partial charge >= 0.3 is 0 Å². The van der Waals surface area contributed by atoms with Crippen LogP contribution in [0.1, 0.15) is 28.7 Å². The van der Waals surface area contributed by atoms with Crippen LogP contribution in [0, 0.1) is 13.8 Å². The van der Waals surface area contributed by atoms with Gasteiger partial charge in [0.15, 0.2) is 0 Å². The minimum Gasteiger partial charge on any atom is -0.313 e. The highest BCUT2D eigenvalue weighted by Crippen LogP contribution is 2.19. The number of hydrogen-bond acceptors (Lipinski definition) is 1. The molecule has 0 spiro atoms. The van der Waals surface area contributed by atoms with Gasteiger partial charge < -0.3 is 5.32 Å². The summed E-state index contributed by atoms with van der Waals surface area (Å²) in [6.45, 7) is 6.61. The molecule has 1 N–H and O–H groups in total. The van der Waals surface area contributed by atoms with Crippen LogP contribution in [0.15, 0.2) is 12.1 Å². The molecule has 1 aromatic rings. The predicted octanol–water partition coefficient (Wildman–Crippen LogP) is 2.76. The highest BCUT2D eigenvalue weighted by atomic mass is 35.5. The highest BCUT2D eigenvalue weighted by Gasteiger charge is 2.08. The topological polar surface area (TPSA) is 12.0 Å². The number of nitrogens with one attached hydrogen (secondary N) is 1. The van der Waals surface area contributed by atoms with Gasteiger partial charge in [-0.25, -0.2) is 0 Å². The van der Waals surface area contributed by atoms with Gasteiger partial charge in [-0.15, -0.1) is 12.4 Å². The van der Waals surface area contributed by atoms with E-state index in [2.05, 4.69) is 31.3 Å². The van der Waals surface area contributed by atoms with E-state index in [0.717, 1.165) is 13.1 Å². The maximum absolute atomic E-state index is 3.45. The number of benzene rings is 1. The minimum atomic E-state index is 0. The first kappa shape index (κ1) is 11.5. The fraction of sp³-hybridized carbons (Fsp3) is 0.500. The Morgan fingerprint density at radius 3 is 2.43 bits per heavy atom. The van der Waals surface area contributed by atoms with Gasteiger partial charge in [-0.1, -0.05) is 12.1 Å². The van der Waals surface area contributed by atoms with E-state index < -0.39 is 0 Å². The lowest BCUT2D eigenvalue weighted by Gasteiger charge is -2.09.